The molecule has 0 amide bonds. The van der Waals surface area contributed by atoms with E-state index in [0.29, 0.717) is 18.0 Å². The molecule has 2 aliphatic rings. The smallest absolute Gasteiger partial charge is 0.229 e. The fourth-order valence-corrected chi connectivity index (χ4v) is 5.86. The van der Waals surface area contributed by atoms with Gasteiger partial charge in [0.25, 0.3) is 0 Å². The molecule has 0 saturated carbocycles. The van der Waals surface area contributed by atoms with Crippen LogP contribution in [0, 0.1) is 0 Å². The summed E-state index contributed by atoms with van der Waals surface area (Å²) >= 11 is 1.48. The number of morpholine rings is 1. The van der Waals surface area contributed by atoms with Crippen molar-refractivity contribution in [1.29, 1.82) is 0 Å². The van der Waals surface area contributed by atoms with Gasteiger partial charge < -0.3 is 19.1 Å². The Balaban J connectivity index is 1.23. The molecule has 2 aliphatic heterocycles. The van der Waals surface area contributed by atoms with Crippen molar-refractivity contribution in [3.63, 3.8) is 0 Å². The van der Waals surface area contributed by atoms with Crippen LogP contribution in [0.15, 0.2) is 59.9 Å². The van der Waals surface area contributed by atoms with Crippen molar-refractivity contribution in [2.24, 2.45) is 0 Å². The summed E-state index contributed by atoms with van der Waals surface area (Å²) in [6, 6.07) is 14.3. The van der Waals surface area contributed by atoms with Gasteiger partial charge in [0.15, 0.2) is 0 Å². The highest BCUT2D eigenvalue weighted by molar-refractivity contribution is 8.00. The van der Waals surface area contributed by atoms with Gasteiger partial charge in [0.05, 0.1) is 49.0 Å². The van der Waals surface area contributed by atoms with E-state index in [1.54, 1.807) is 7.11 Å². The summed E-state index contributed by atoms with van der Waals surface area (Å²) in [4.78, 5) is 17.3. The van der Waals surface area contributed by atoms with Crippen molar-refractivity contribution in [2.45, 2.75) is 37.4 Å². The molecule has 0 bridgehead atoms. The summed E-state index contributed by atoms with van der Waals surface area (Å²) in [6.45, 7) is 11.0. The van der Waals surface area contributed by atoms with E-state index in [0.717, 1.165) is 73.3 Å². The largest absolute Gasteiger partial charge is 0.480 e. The molecular weight excluding hydrogens is 496 g/mol. The maximum Gasteiger partial charge on any atom is 0.229 e. The van der Waals surface area contributed by atoms with Gasteiger partial charge in [-0.25, -0.2) is 4.98 Å². The molecular formula is C29H38N6O2S. The number of aromatic nitrogens is 2. The Morgan fingerprint density at radius 2 is 1.74 bits per heavy atom. The average molecular weight is 535 g/mol. The van der Waals surface area contributed by atoms with E-state index in [-0.39, 0.29) is 0 Å². The number of ether oxygens (including phenoxy) is 2. The highest BCUT2D eigenvalue weighted by Crippen LogP contribution is 2.33. The summed E-state index contributed by atoms with van der Waals surface area (Å²) in [6.07, 6.45) is 5.62. The third-order valence-corrected chi connectivity index (χ3v) is 8.37. The van der Waals surface area contributed by atoms with Gasteiger partial charge in [0.2, 0.25) is 5.88 Å². The zero-order valence-electron chi connectivity index (χ0n) is 22.8. The van der Waals surface area contributed by atoms with E-state index < -0.39 is 0 Å². The minimum absolute atomic E-state index is 0.579. The molecule has 8 nitrogen and oxygen atoms in total. The molecule has 2 fully saturated rings. The maximum absolute atomic E-state index is 5.52. The quantitative estimate of drug-likeness (QED) is 0.417. The lowest BCUT2D eigenvalue weighted by Crippen LogP contribution is -2.54. The molecule has 1 N–H and O–H groups in total. The second-order valence-electron chi connectivity index (χ2n) is 10.2. The first-order chi connectivity index (χ1) is 18.5. The highest BCUT2D eigenvalue weighted by atomic mass is 32.2. The Kier molecular flexibility index (Phi) is 8.68. The van der Waals surface area contributed by atoms with Gasteiger partial charge in [0.1, 0.15) is 0 Å². The molecule has 202 valence electrons. The lowest BCUT2D eigenvalue weighted by atomic mass is 10.0. The normalized spacial score (nSPS) is 20.9. The van der Waals surface area contributed by atoms with Crippen molar-refractivity contribution < 1.29 is 9.47 Å². The SMILES string of the molecule is COc1ncc(N2CCOCC2)cc1SNc1cncc(-c2ccc(CN3CC(C)N(C)C(C)C3)cc2)c1. The first-order valence-electron chi connectivity index (χ1n) is 13.3. The van der Waals surface area contributed by atoms with Crippen LogP contribution in [0.4, 0.5) is 11.4 Å². The topological polar surface area (TPSA) is 66.0 Å². The molecule has 0 spiro atoms. The Morgan fingerprint density at radius 1 is 1.00 bits per heavy atom. The molecule has 4 heterocycles. The molecule has 2 unspecified atom stereocenters. The van der Waals surface area contributed by atoms with E-state index >= 15 is 0 Å². The number of hydrogen-bond acceptors (Lipinski definition) is 9. The molecule has 2 saturated heterocycles. The average Bonchev–Trinajstić information content (AvgIpc) is 2.95. The van der Waals surface area contributed by atoms with Crippen LogP contribution in [0.2, 0.25) is 0 Å². The lowest BCUT2D eigenvalue weighted by Gasteiger charge is -2.42. The summed E-state index contributed by atoms with van der Waals surface area (Å²) in [5, 5.41) is 0. The van der Waals surface area contributed by atoms with Gasteiger partial charge in [-0.2, -0.15) is 0 Å². The number of likely N-dealkylation sites (N-methyl/N-ethyl adjacent to an activating group) is 1. The van der Waals surface area contributed by atoms with Crippen molar-refractivity contribution in [2.75, 3.05) is 63.2 Å². The Bertz CT molecular complexity index is 1190. The van der Waals surface area contributed by atoms with Crippen molar-refractivity contribution >= 4 is 23.3 Å². The number of rotatable bonds is 8. The van der Waals surface area contributed by atoms with Crippen molar-refractivity contribution in [3.05, 3.63) is 60.6 Å². The van der Waals surface area contributed by atoms with E-state index in [4.69, 9.17) is 9.47 Å². The van der Waals surface area contributed by atoms with Gasteiger partial charge in [-0.15, -0.1) is 0 Å². The van der Waals surface area contributed by atoms with Crippen LogP contribution in [-0.2, 0) is 11.3 Å². The number of benzene rings is 1. The van der Waals surface area contributed by atoms with Gasteiger partial charge in [-0.1, -0.05) is 24.3 Å². The molecule has 3 aromatic rings. The Hall–Kier alpha value is -2.85. The molecule has 9 heteroatoms. The van der Waals surface area contributed by atoms with Crippen LogP contribution in [0.1, 0.15) is 19.4 Å². The number of nitrogens with one attached hydrogen (secondary N) is 1. The van der Waals surface area contributed by atoms with Crippen molar-refractivity contribution in [1.82, 2.24) is 19.8 Å². The second-order valence-corrected chi connectivity index (χ2v) is 11.1. The zero-order valence-corrected chi connectivity index (χ0v) is 23.6. The maximum atomic E-state index is 5.52. The highest BCUT2D eigenvalue weighted by Gasteiger charge is 2.26. The predicted molar refractivity (Wildman–Crippen MR) is 155 cm³/mol. The molecule has 0 radical (unpaired) electrons. The first kappa shape index (κ1) is 26.7. The van der Waals surface area contributed by atoms with Crippen LogP contribution in [0.25, 0.3) is 11.1 Å². The molecule has 2 atom stereocenters. The van der Waals surface area contributed by atoms with Crippen LogP contribution < -0.4 is 14.4 Å². The first-order valence-corrected chi connectivity index (χ1v) is 14.1. The molecule has 1 aromatic carbocycles. The molecule has 2 aromatic heterocycles. The summed E-state index contributed by atoms with van der Waals surface area (Å²) in [5.74, 6) is 0.600. The van der Waals surface area contributed by atoms with Gasteiger partial charge in [0, 0.05) is 56.6 Å². The standard InChI is InChI=1S/C29H38N6O2S/c1-21-18-34(19-22(2)33(21)3)20-23-5-7-24(8-6-23)25-13-26(16-30-15-25)32-38-28-14-27(17-31-29(28)36-4)35-9-11-37-12-10-35/h5-8,13-17,21-22,32H,9-12,18-20H2,1-4H3. The van der Waals surface area contributed by atoms with E-state index in [9.17, 15) is 0 Å². The van der Waals surface area contributed by atoms with E-state index in [1.165, 1.54) is 17.5 Å². The fraction of sp³-hybridized carbons (Fsp3) is 0.448. The number of methoxy groups -OCH3 is 1. The van der Waals surface area contributed by atoms with E-state index in [1.807, 2.05) is 18.6 Å². The minimum Gasteiger partial charge on any atom is -0.480 e. The predicted octanol–water partition coefficient (Wildman–Crippen LogP) is 4.63. The summed E-state index contributed by atoms with van der Waals surface area (Å²) in [5.41, 5.74) is 5.58. The van der Waals surface area contributed by atoms with Crippen LogP contribution in [0.3, 0.4) is 0 Å². The number of anilines is 2. The number of hydrogen-bond donors (Lipinski definition) is 1. The lowest BCUT2D eigenvalue weighted by molar-refractivity contribution is 0.0556. The van der Waals surface area contributed by atoms with Crippen LogP contribution >= 0.6 is 11.9 Å². The number of nitrogens with zero attached hydrogens (tertiary/aromatic N) is 5. The summed E-state index contributed by atoms with van der Waals surface area (Å²) < 4.78 is 14.4. The van der Waals surface area contributed by atoms with E-state index in [2.05, 4.69) is 86.7 Å². The second kappa shape index (κ2) is 12.3. The summed E-state index contributed by atoms with van der Waals surface area (Å²) in [7, 11) is 3.88. The number of pyridine rings is 2. The minimum atomic E-state index is 0.579. The van der Waals surface area contributed by atoms with Crippen molar-refractivity contribution in [3.8, 4) is 17.0 Å². The zero-order chi connectivity index (χ0) is 26.5. The molecule has 5 rings (SSSR count). The van der Waals surface area contributed by atoms with Gasteiger partial charge >= 0.3 is 0 Å². The molecule has 0 aliphatic carbocycles. The fourth-order valence-electron chi connectivity index (χ4n) is 5.11. The third-order valence-electron chi connectivity index (χ3n) is 7.52. The molecule has 38 heavy (non-hydrogen) atoms. The van der Waals surface area contributed by atoms with Gasteiger partial charge in [-0.3, -0.25) is 14.8 Å². The monoisotopic (exact) mass is 534 g/mol. The van der Waals surface area contributed by atoms with Crippen LogP contribution in [0.5, 0.6) is 5.88 Å². The van der Waals surface area contributed by atoms with Crippen LogP contribution in [-0.4, -0.2) is 85.4 Å². The Labute approximate surface area is 230 Å². The number of piperazine rings is 1. The van der Waals surface area contributed by atoms with Gasteiger partial charge in [-0.05, 0) is 56.1 Å². The third kappa shape index (κ3) is 6.40. The Morgan fingerprint density at radius 3 is 2.45 bits per heavy atom.